The maximum Gasteiger partial charge on any atom is 0.149 e. The molecule has 2 unspecified atom stereocenters. The number of ether oxygens (including phenoxy) is 1. The Hall–Kier alpha value is -0.240. The van der Waals surface area contributed by atoms with E-state index in [0.717, 1.165) is 25.5 Å². The Morgan fingerprint density at radius 3 is 2.81 bits per heavy atom. The van der Waals surface area contributed by atoms with Gasteiger partial charge in [-0.3, -0.25) is 0 Å². The van der Waals surface area contributed by atoms with Crippen LogP contribution in [0.2, 0.25) is 0 Å². The van der Waals surface area contributed by atoms with E-state index in [1.54, 1.807) is 0 Å². The lowest BCUT2D eigenvalue weighted by Gasteiger charge is -2.17. The Labute approximate surface area is 99.9 Å². The fourth-order valence-corrected chi connectivity index (χ4v) is 2.27. The highest BCUT2D eigenvalue weighted by Gasteiger charge is 2.36. The van der Waals surface area contributed by atoms with Crippen LogP contribution in [0.4, 0.5) is 0 Å². The molecule has 1 heterocycles. The van der Waals surface area contributed by atoms with Crippen LogP contribution in [0, 0.1) is 5.92 Å². The first kappa shape index (κ1) is 13.8. The van der Waals surface area contributed by atoms with Gasteiger partial charge in [0.15, 0.2) is 0 Å². The highest BCUT2D eigenvalue weighted by Crippen LogP contribution is 2.28. The summed E-state index contributed by atoms with van der Waals surface area (Å²) in [6.45, 7) is 2.69. The fourth-order valence-electron chi connectivity index (χ4n) is 1.99. The van der Waals surface area contributed by atoms with Crippen LogP contribution < -0.4 is 0 Å². The lowest BCUT2D eigenvalue weighted by Crippen LogP contribution is -2.25. The number of unbranched alkanes of at least 4 members (excludes halogenated alkanes) is 1. The zero-order valence-corrected chi connectivity index (χ0v) is 11.0. The van der Waals surface area contributed by atoms with E-state index in [1.165, 1.54) is 6.42 Å². The maximum absolute atomic E-state index is 10.8. The first-order chi connectivity index (χ1) is 7.83. The van der Waals surface area contributed by atoms with E-state index < -0.39 is 0 Å². The molecule has 1 rings (SSSR count). The number of allylic oxidation sites excluding steroid dienone is 2. The van der Waals surface area contributed by atoms with Gasteiger partial charge in [0, 0.05) is 15.4 Å². The van der Waals surface area contributed by atoms with Crippen molar-refractivity contribution in [3.8, 4) is 0 Å². The van der Waals surface area contributed by atoms with Crippen molar-refractivity contribution >= 4 is 15.8 Å². The van der Waals surface area contributed by atoms with Crippen LogP contribution in [0.3, 0.4) is 0 Å². The Kier molecular flexibility index (Phi) is 6.86. The second-order valence-electron chi connectivity index (χ2n) is 4.11. The lowest BCUT2D eigenvalue weighted by atomic mass is 9.94. The smallest absolute Gasteiger partial charge is 0.149 e. The van der Waals surface area contributed by atoms with E-state index in [9.17, 15) is 4.79 Å². The Morgan fingerprint density at radius 1 is 1.44 bits per heavy atom. The molecule has 0 aromatic rings. The molecule has 0 aromatic carbocycles. The summed E-state index contributed by atoms with van der Waals surface area (Å²) in [5.74, 6) is 0.196. The fraction of sp³-hybridized carbons (Fsp3) is 0.750. The summed E-state index contributed by atoms with van der Waals surface area (Å²) >= 11 is 0. The molecule has 0 bridgehead atoms. The summed E-state index contributed by atoms with van der Waals surface area (Å²) in [4.78, 5) is 10.8. The third-order valence-electron chi connectivity index (χ3n) is 2.95. The van der Waals surface area contributed by atoms with Gasteiger partial charge in [-0.05, 0) is 19.3 Å². The van der Waals surface area contributed by atoms with Crippen LogP contribution >= 0.6 is 9.47 Å². The highest BCUT2D eigenvalue weighted by atomic mass is 31.0. The predicted octanol–water partition coefficient (Wildman–Crippen LogP) is 2.51. The Morgan fingerprint density at radius 2 is 2.19 bits per heavy atom. The zero-order valence-electron chi connectivity index (χ0n) is 9.80. The van der Waals surface area contributed by atoms with Gasteiger partial charge in [0.2, 0.25) is 0 Å². The summed E-state index contributed by atoms with van der Waals surface area (Å²) in [6, 6.07) is 0. The summed E-state index contributed by atoms with van der Waals surface area (Å²) in [5, 5.41) is 0. The average Bonchev–Trinajstić information content (AvgIpc) is 2.71. The van der Waals surface area contributed by atoms with Crippen LogP contribution in [-0.2, 0) is 14.1 Å². The summed E-state index contributed by atoms with van der Waals surface area (Å²) in [6.07, 6.45) is 9.27. The van der Waals surface area contributed by atoms with Gasteiger partial charge in [0.1, 0.15) is 12.4 Å². The van der Waals surface area contributed by atoms with Crippen molar-refractivity contribution in [2.75, 3.05) is 6.61 Å². The summed E-state index contributed by atoms with van der Waals surface area (Å²) in [7, 11) is 2.26. The van der Waals surface area contributed by atoms with Crippen molar-refractivity contribution in [1.82, 2.24) is 0 Å². The van der Waals surface area contributed by atoms with Crippen molar-refractivity contribution in [3.63, 3.8) is 0 Å². The molecule has 92 valence electrons. The minimum atomic E-state index is -0.287. The van der Waals surface area contributed by atoms with Crippen molar-refractivity contribution < 1.29 is 14.1 Å². The summed E-state index contributed by atoms with van der Waals surface area (Å²) < 4.78 is 10.6. The standard InChI is InChI=1S/C12H21O3P/c1-2-3-4-5-6-7-10-11(8-13)14-9-12(10)15-16/h4-5,8,10-12H,2-3,6-7,9,16H2,1H3/b5-4-/t10-,11-,12?/m1/s1. The average molecular weight is 244 g/mol. The number of carbonyl (C=O) groups is 1. The van der Waals surface area contributed by atoms with Gasteiger partial charge in [0.25, 0.3) is 0 Å². The molecule has 3 nitrogen and oxygen atoms in total. The van der Waals surface area contributed by atoms with Gasteiger partial charge in [-0.25, -0.2) is 0 Å². The Bertz CT molecular complexity index is 230. The van der Waals surface area contributed by atoms with E-state index in [4.69, 9.17) is 9.26 Å². The first-order valence-corrected chi connectivity index (χ1v) is 6.38. The monoisotopic (exact) mass is 244 g/mol. The third-order valence-corrected chi connectivity index (χ3v) is 3.30. The van der Waals surface area contributed by atoms with Gasteiger partial charge in [-0.15, -0.1) is 0 Å². The largest absolute Gasteiger partial charge is 0.368 e. The second kappa shape index (κ2) is 7.94. The van der Waals surface area contributed by atoms with Gasteiger partial charge < -0.3 is 14.1 Å². The third kappa shape index (κ3) is 3.97. The van der Waals surface area contributed by atoms with Crippen molar-refractivity contribution in [1.29, 1.82) is 0 Å². The van der Waals surface area contributed by atoms with E-state index >= 15 is 0 Å². The van der Waals surface area contributed by atoms with Crippen molar-refractivity contribution in [2.24, 2.45) is 5.92 Å². The van der Waals surface area contributed by atoms with Crippen LogP contribution in [0.5, 0.6) is 0 Å². The molecule has 1 fully saturated rings. The van der Waals surface area contributed by atoms with Crippen LogP contribution in [-0.4, -0.2) is 25.1 Å². The number of hydrogen-bond donors (Lipinski definition) is 0. The number of carbonyl (C=O) groups excluding carboxylic acids is 1. The van der Waals surface area contributed by atoms with Crippen LogP contribution in [0.25, 0.3) is 0 Å². The van der Waals surface area contributed by atoms with Gasteiger partial charge in [-0.1, -0.05) is 25.5 Å². The number of rotatable bonds is 7. The molecule has 0 spiro atoms. The molecule has 1 saturated heterocycles. The molecule has 1 aliphatic heterocycles. The molecule has 0 N–H and O–H groups in total. The SMILES string of the molecule is CCC/C=C\CC[C@H]1C(OP)CO[C@@H]1C=O. The minimum absolute atomic E-state index is 0.0415. The van der Waals surface area contributed by atoms with Crippen LogP contribution in [0.1, 0.15) is 32.6 Å². The molecular weight excluding hydrogens is 223 g/mol. The molecule has 0 aliphatic carbocycles. The number of hydrogen-bond acceptors (Lipinski definition) is 3. The topological polar surface area (TPSA) is 35.5 Å². The second-order valence-corrected chi connectivity index (χ2v) is 4.38. The molecule has 16 heavy (non-hydrogen) atoms. The van der Waals surface area contributed by atoms with Gasteiger partial charge in [0.05, 0.1) is 12.7 Å². The van der Waals surface area contributed by atoms with Crippen LogP contribution in [0.15, 0.2) is 12.2 Å². The van der Waals surface area contributed by atoms with Crippen molar-refractivity contribution in [3.05, 3.63) is 12.2 Å². The molecule has 4 atom stereocenters. The van der Waals surface area contributed by atoms with Gasteiger partial charge >= 0.3 is 0 Å². The van der Waals surface area contributed by atoms with E-state index in [-0.39, 0.29) is 18.1 Å². The first-order valence-electron chi connectivity index (χ1n) is 5.90. The molecule has 1 aliphatic rings. The predicted molar refractivity (Wildman–Crippen MR) is 67.2 cm³/mol. The normalized spacial score (nSPS) is 30.0. The molecule has 4 heteroatoms. The zero-order chi connectivity index (χ0) is 11.8. The minimum Gasteiger partial charge on any atom is -0.368 e. The Balaban J connectivity index is 2.34. The quantitative estimate of drug-likeness (QED) is 0.392. The van der Waals surface area contributed by atoms with E-state index in [2.05, 4.69) is 28.5 Å². The molecule has 0 amide bonds. The summed E-state index contributed by atoms with van der Waals surface area (Å²) in [5.41, 5.74) is 0. The molecule has 0 aromatic heterocycles. The van der Waals surface area contributed by atoms with E-state index in [0.29, 0.717) is 6.61 Å². The molecule has 0 saturated carbocycles. The highest BCUT2D eigenvalue weighted by molar-refractivity contribution is 7.09. The molecule has 0 radical (unpaired) electrons. The molecular formula is C12H21O3P. The van der Waals surface area contributed by atoms with Crippen molar-refractivity contribution in [2.45, 2.75) is 44.8 Å². The van der Waals surface area contributed by atoms with Gasteiger partial charge in [-0.2, -0.15) is 0 Å². The maximum atomic E-state index is 10.8. The van der Waals surface area contributed by atoms with E-state index in [1.807, 2.05) is 0 Å². The number of aldehydes is 1. The lowest BCUT2D eigenvalue weighted by molar-refractivity contribution is -0.117.